The Morgan fingerprint density at radius 3 is 1.61 bits per heavy atom. The summed E-state index contributed by atoms with van der Waals surface area (Å²) in [6.45, 7) is 2.08. The zero-order valence-electron chi connectivity index (χ0n) is 17.6. The number of quaternary nitrogens is 2. The van der Waals surface area contributed by atoms with Crippen LogP contribution in [0, 0.1) is 0 Å². The van der Waals surface area contributed by atoms with Gasteiger partial charge in [0, 0.05) is 0 Å². The summed E-state index contributed by atoms with van der Waals surface area (Å²) in [5, 5.41) is 38.8. The molecule has 12 N–H and O–H groups in total. The average molecular weight is 564 g/mol. The summed E-state index contributed by atoms with van der Waals surface area (Å²) in [6.07, 6.45) is 5.57. The van der Waals surface area contributed by atoms with Crippen molar-refractivity contribution < 1.29 is 30.0 Å². The summed E-state index contributed by atoms with van der Waals surface area (Å²) < 4.78 is 0.423. The van der Waals surface area contributed by atoms with Gasteiger partial charge in [-0.15, -0.1) is 0 Å². The number of aromatic hydroxyl groups is 2. The standard InChI is InChI=1S/C21H20Br2O6.2H3N/c1-2-3-4-5-6-13(11-7-14(20(26)27)18(24)16(22)9-11)12-8-15(21(28)29)19(25)17(23)10-12;;/h6-10,24-25H,2-5H2,1H3,(H,26,27)(H,28,29);2*1H3/p+2. The van der Waals surface area contributed by atoms with Gasteiger partial charge in [-0.05, 0) is 85.7 Å². The number of carbonyl (C=O) groups is 2. The van der Waals surface area contributed by atoms with Crippen molar-refractivity contribution in [2.45, 2.75) is 32.6 Å². The molecule has 170 valence electrons. The molecule has 0 bridgehead atoms. The number of benzene rings is 2. The fourth-order valence-corrected chi connectivity index (χ4v) is 3.80. The van der Waals surface area contributed by atoms with Gasteiger partial charge >= 0.3 is 11.9 Å². The Morgan fingerprint density at radius 2 is 1.26 bits per heavy atom. The molecule has 0 atom stereocenters. The van der Waals surface area contributed by atoms with E-state index < -0.39 is 11.9 Å². The number of hydrogen-bond acceptors (Lipinski definition) is 4. The lowest BCUT2D eigenvalue weighted by molar-refractivity contribution is 0.0682. The third-order valence-electron chi connectivity index (χ3n) is 4.37. The average Bonchev–Trinajstić information content (AvgIpc) is 2.65. The largest absolute Gasteiger partial charge is 0.506 e. The number of halogens is 2. The van der Waals surface area contributed by atoms with E-state index >= 15 is 0 Å². The van der Waals surface area contributed by atoms with E-state index in [1.165, 1.54) is 12.1 Å². The first kappa shape index (κ1) is 28.6. The Kier molecular flexibility index (Phi) is 11.5. The molecule has 31 heavy (non-hydrogen) atoms. The second-order valence-electron chi connectivity index (χ2n) is 6.43. The quantitative estimate of drug-likeness (QED) is 0.192. The van der Waals surface area contributed by atoms with Gasteiger partial charge in [-0.25, -0.2) is 9.59 Å². The molecule has 0 aliphatic heterocycles. The minimum absolute atomic E-state index is 0. The van der Waals surface area contributed by atoms with Crippen LogP contribution < -0.4 is 12.3 Å². The van der Waals surface area contributed by atoms with Crippen molar-refractivity contribution in [3.63, 3.8) is 0 Å². The fraction of sp³-hybridized carbons (Fsp3) is 0.238. The molecule has 8 nitrogen and oxygen atoms in total. The second-order valence-corrected chi connectivity index (χ2v) is 8.14. The van der Waals surface area contributed by atoms with Crippen molar-refractivity contribution >= 4 is 49.4 Å². The Hall–Kier alpha value is -2.40. The SMILES string of the molecule is CCCCCC=C(c1cc(Br)c(O)c(C(=O)O)c1)c1cc(Br)c(O)c(C(=O)O)c1.[NH4+].[NH4+]. The topological polar surface area (TPSA) is 188 Å². The van der Waals surface area contributed by atoms with E-state index in [-0.39, 0.29) is 43.9 Å². The first-order chi connectivity index (χ1) is 13.7. The molecule has 0 heterocycles. The second kappa shape index (κ2) is 12.5. The molecule has 0 saturated carbocycles. The van der Waals surface area contributed by atoms with Gasteiger partial charge in [-0.2, -0.15) is 0 Å². The van der Waals surface area contributed by atoms with Gasteiger partial charge in [-0.1, -0.05) is 25.8 Å². The normalized spacial score (nSPS) is 9.90. The number of phenols is 2. The van der Waals surface area contributed by atoms with Gasteiger partial charge in [0.15, 0.2) is 0 Å². The highest BCUT2D eigenvalue weighted by atomic mass is 79.9. The molecular formula is C21H28Br2N2O6+2. The molecule has 2 aromatic rings. The Bertz CT molecular complexity index is 921. The number of unbranched alkanes of at least 4 members (excludes halogenated alkanes) is 3. The Labute approximate surface area is 197 Å². The Balaban J connectivity index is 0.00000450. The molecule has 0 aromatic heterocycles. The van der Waals surface area contributed by atoms with Crippen molar-refractivity contribution in [2.24, 2.45) is 0 Å². The maximum atomic E-state index is 11.5. The van der Waals surface area contributed by atoms with E-state index in [2.05, 4.69) is 38.8 Å². The van der Waals surface area contributed by atoms with Crippen molar-refractivity contribution in [2.75, 3.05) is 0 Å². The molecule has 0 unspecified atom stereocenters. The summed E-state index contributed by atoms with van der Waals surface area (Å²) in [4.78, 5) is 23.0. The first-order valence-corrected chi connectivity index (χ1v) is 10.5. The number of aromatic carboxylic acids is 2. The molecule has 0 spiro atoms. The molecule has 2 rings (SSSR count). The summed E-state index contributed by atoms with van der Waals surface area (Å²) in [5.41, 5.74) is 1.05. The highest BCUT2D eigenvalue weighted by Crippen LogP contribution is 2.38. The highest BCUT2D eigenvalue weighted by Gasteiger charge is 2.20. The van der Waals surface area contributed by atoms with Crippen molar-refractivity contribution in [3.8, 4) is 11.5 Å². The van der Waals surface area contributed by atoms with Gasteiger partial charge in [0.2, 0.25) is 0 Å². The van der Waals surface area contributed by atoms with E-state index in [0.29, 0.717) is 23.1 Å². The molecular weight excluding hydrogens is 536 g/mol. The monoisotopic (exact) mass is 562 g/mol. The summed E-state index contributed by atoms with van der Waals surface area (Å²) in [5.74, 6) is -3.34. The smallest absolute Gasteiger partial charge is 0.339 e. The van der Waals surface area contributed by atoms with Gasteiger partial charge < -0.3 is 32.7 Å². The predicted molar refractivity (Wildman–Crippen MR) is 129 cm³/mol. The third-order valence-corrected chi connectivity index (χ3v) is 5.57. The molecule has 0 aliphatic carbocycles. The summed E-state index contributed by atoms with van der Waals surface area (Å²) >= 11 is 6.36. The van der Waals surface area contributed by atoms with Crippen LogP contribution in [0.4, 0.5) is 0 Å². The van der Waals surface area contributed by atoms with Crippen molar-refractivity contribution in [3.05, 3.63) is 61.5 Å². The van der Waals surface area contributed by atoms with Gasteiger partial charge in [0.05, 0.1) is 8.95 Å². The number of allylic oxidation sites excluding steroid dienone is 1. The van der Waals surface area contributed by atoms with Crippen molar-refractivity contribution in [1.29, 1.82) is 0 Å². The molecule has 2 aromatic carbocycles. The van der Waals surface area contributed by atoms with E-state index in [1.807, 2.05) is 6.08 Å². The van der Waals surface area contributed by atoms with Crippen LogP contribution in [-0.2, 0) is 0 Å². The van der Waals surface area contributed by atoms with Crippen LogP contribution in [0.3, 0.4) is 0 Å². The van der Waals surface area contributed by atoms with Crippen LogP contribution >= 0.6 is 31.9 Å². The van der Waals surface area contributed by atoms with Gasteiger partial charge in [-0.3, -0.25) is 0 Å². The molecule has 0 radical (unpaired) electrons. The van der Waals surface area contributed by atoms with Crippen LogP contribution in [0.2, 0.25) is 0 Å². The molecule has 0 fully saturated rings. The highest BCUT2D eigenvalue weighted by molar-refractivity contribution is 9.10. The Morgan fingerprint density at radius 1 is 0.839 bits per heavy atom. The lowest BCUT2D eigenvalue weighted by atomic mass is 9.93. The van der Waals surface area contributed by atoms with Gasteiger partial charge in [0.1, 0.15) is 22.6 Å². The van der Waals surface area contributed by atoms with Gasteiger partial charge in [0.25, 0.3) is 0 Å². The number of rotatable bonds is 8. The predicted octanol–water partition coefficient (Wildman–Crippen LogP) is 6.78. The van der Waals surface area contributed by atoms with Crippen LogP contribution in [0.1, 0.15) is 64.4 Å². The zero-order chi connectivity index (χ0) is 21.7. The van der Waals surface area contributed by atoms with E-state index in [9.17, 15) is 30.0 Å². The lowest BCUT2D eigenvalue weighted by Gasteiger charge is -2.14. The molecule has 0 saturated heterocycles. The summed E-state index contributed by atoms with van der Waals surface area (Å²) in [7, 11) is 0. The third kappa shape index (κ3) is 6.79. The molecule has 0 aliphatic rings. The van der Waals surface area contributed by atoms with Crippen LogP contribution in [-0.4, -0.2) is 32.4 Å². The number of carboxylic acid groups (broad SMARTS) is 2. The first-order valence-electron chi connectivity index (χ1n) is 8.89. The van der Waals surface area contributed by atoms with Crippen LogP contribution in [0.15, 0.2) is 39.3 Å². The van der Waals surface area contributed by atoms with E-state index in [1.54, 1.807) is 12.1 Å². The zero-order valence-corrected chi connectivity index (χ0v) is 20.7. The molecule has 10 heteroatoms. The maximum absolute atomic E-state index is 11.5. The summed E-state index contributed by atoms with van der Waals surface area (Å²) in [6, 6.07) is 5.84. The van der Waals surface area contributed by atoms with Crippen LogP contribution in [0.25, 0.3) is 5.57 Å². The maximum Gasteiger partial charge on any atom is 0.339 e. The fourth-order valence-electron chi connectivity index (χ4n) is 2.88. The number of carboxylic acids is 2. The van der Waals surface area contributed by atoms with Crippen LogP contribution in [0.5, 0.6) is 11.5 Å². The van der Waals surface area contributed by atoms with Crippen molar-refractivity contribution in [1.82, 2.24) is 12.3 Å². The lowest BCUT2D eigenvalue weighted by Crippen LogP contribution is -2.02. The minimum atomic E-state index is -1.28. The number of hydrogen-bond donors (Lipinski definition) is 6. The minimum Gasteiger partial charge on any atom is -0.506 e. The van der Waals surface area contributed by atoms with E-state index in [0.717, 1.165) is 19.3 Å². The van der Waals surface area contributed by atoms with E-state index in [4.69, 9.17) is 0 Å². The molecule has 0 amide bonds.